The molecule has 0 aliphatic carbocycles. The van der Waals surface area contributed by atoms with E-state index in [9.17, 15) is 4.21 Å². The molecule has 0 amide bonds. The maximum absolute atomic E-state index is 12.2. The molecule has 1 N–H and O–H groups in total. The summed E-state index contributed by atoms with van der Waals surface area (Å²) in [4.78, 5) is 5.53. The van der Waals surface area contributed by atoms with Gasteiger partial charge >= 0.3 is 0 Å². The fourth-order valence-electron chi connectivity index (χ4n) is 2.48. The quantitative estimate of drug-likeness (QED) is 0.493. The van der Waals surface area contributed by atoms with Gasteiger partial charge in [0.25, 0.3) is 0 Å². The van der Waals surface area contributed by atoms with Gasteiger partial charge in [-0.25, -0.2) is 13.9 Å². The topological polar surface area (TPSA) is 42.0 Å². The summed E-state index contributed by atoms with van der Waals surface area (Å²) in [5.74, 6) is 0. The maximum Gasteiger partial charge on any atom is 0.0947 e. The van der Waals surface area contributed by atoms with Crippen molar-refractivity contribution >= 4 is 22.3 Å². The number of hydrogen-bond acceptors (Lipinski definition) is 3. The molecule has 0 saturated heterocycles. The molecule has 0 fully saturated rings. The summed E-state index contributed by atoms with van der Waals surface area (Å²) >= 11 is 1.66. The van der Waals surface area contributed by atoms with Gasteiger partial charge in [0.15, 0.2) is 0 Å². The van der Waals surface area contributed by atoms with Crippen molar-refractivity contribution in [2.45, 2.75) is 51.3 Å². The lowest BCUT2D eigenvalue weighted by Gasteiger charge is -2.20. The van der Waals surface area contributed by atoms with Crippen molar-refractivity contribution in [3.63, 3.8) is 0 Å². The minimum Gasteiger partial charge on any atom is -0.249 e. The first-order valence-corrected chi connectivity index (χ1v) is 10.4. The highest BCUT2D eigenvalue weighted by Gasteiger charge is 2.16. The second-order valence-corrected chi connectivity index (χ2v) is 8.75. The van der Waals surface area contributed by atoms with Crippen LogP contribution in [-0.2, 0) is 11.0 Å². The molecule has 24 heavy (non-hydrogen) atoms. The first-order valence-electron chi connectivity index (χ1n) is 8.31. The molecule has 3 nitrogen and oxygen atoms in total. The Hall–Kier alpha value is -1.30. The molecule has 0 spiro atoms. The van der Waals surface area contributed by atoms with Crippen LogP contribution in [0, 0.1) is 6.92 Å². The van der Waals surface area contributed by atoms with E-state index in [1.807, 2.05) is 32.4 Å². The van der Waals surface area contributed by atoms with Crippen LogP contribution in [0.25, 0.3) is 10.4 Å². The van der Waals surface area contributed by atoms with Crippen LogP contribution in [-0.4, -0.2) is 14.4 Å². The number of nitrogens with one attached hydrogen (secondary N) is 1. The highest BCUT2D eigenvalue weighted by atomic mass is 32.2. The van der Waals surface area contributed by atoms with Crippen LogP contribution < -0.4 is 4.72 Å². The van der Waals surface area contributed by atoms with Gasteiger partial charge in [0.1, 0.15) is 0 Å². The molecule has 1 heterocycles. The summed E-state index contributed by atoms with van der Waals surface area (Å²) in [5.41, 5.74) is 5.31. The van der Waals surface area contributed by atoms with Crippen molar-refractivity contribution in [2.75, 3.05) is 0 Å². The number of thiazole rings is 1. The van der Waals surface area contributed by atoms with Crippen molar-refractivity contribution in [3.8, 4) is 10.4 Å². The van der Waals surface area contributed by atoms with Crippen LogP contribution in [0.2, 0.25) is 0 Å². The average molecular weight is 363 g/mol. The minimum atomic E-state index is -1.03. The van der Waals surface area contributed by atoms with Crippen LogP contribution in [0.4, 0.5) is 0 Å². The normalized spacial score (nSPS) is 13.8. The molecule has 2 aromatic rings. The first-order chi connectivity index (χ1) is 11.5. The van der Waals surface area contributed by atoms with E-state index in [1.165, 1.54) is 16.0 Å². The van der Waals surface area contributed by atoms with Crippen LogP contribution in [0.1, 0.15) is 50.4 Å². The van der Waals surface area contributed by atoms with Crippen LogP contribution >= 0.6 is 11.3 Å². The molecule has 2 rings (SSSR count). The second kappa shape index (κ2) is 9.25. The van der Waals surface area contributed by atoms with Crippen molar-refractivity contribution in [1.29, 1.82) is 0 Å². The predicted molar refractivity (Wildman–Crippen MR) is 105 cm³/mol. The summed E-state index contributed by atoms with van der Waals surface area (Å²) in [6.07, 6.45) is 4.90. The molecule has 0 aliphatic rings. The molecule has 0 unspecified atom stereocenters. The Bertz CT molecular complexity index is 677. The van der Waals surface area contributed by atoms with E-state index in [0.717, 1.165) is 25.0 Å². The first kappa shape index (κ1) is 19.0. The number of aryl methyl sites for hydroxylation is 1. The van der Waals surface area contributed by atoms with Gasteiger partial charge in [-0.05, 0) is 51.2 Å². The Kier molecular flexibility index (Phi) is 7.34. The van der Waals surface area contributed by atoms with Crippen LogP contribution in [0.5, 0.6) is 0 Å². The molecule has 1 aromatic carbocycles. The smallest absolute Gasteiger partial charge is 0.0947 e. The Morgan fingerprint density at radius 3 is 2.58 bits per heavy atom. The molecule has 0 saturated carbocycles. The van der Waals surface area contributed by atoms with Gasteiger partial charge in [-0.3, -0.25) is 0 Å². The maximum atomic E-state index is 12.2. The molecule has 0 bridgehead atoms. The van der Waals surface area contributed by atoms with Gasteiger partial charge in [0.05, 0.1) is 27.1 Å². The Morgan fingerprint density at radius 1 is 1.33 bits per heavy atom. The number of aromatic nitrogens is 1. The average Bonchev–Trinajstić information content (AvgIpc) is 3.00. The lowest BCUT2D eigenvalue weighted by molar-refractivity contribution is 0.565. The van der Waals surface area contributed by atoms with Gasteiger partial charge in [0, 0.05) is 11.3 Å². The van der Waals surface area contributed by atoms with Gasteiger partial charge in [-0.2, -0.15) is 0 Å². The third-order valence-electron chi connectivity index (χ3n) is 3.91. The van der Waals surface area contributed by atoms with Crippen molar-refractivity contribution < 1.29 is 4.21 Å². The monoisotopic (exact) mass is 362 g/mol. The van der Waals surface area contributed by atoms with E-state index in [2.05, 4.69) is 40.6 Å². The predicted octanol–water partition coefficient (Wildman–Crippen LogP) is 5.18. The summed E-state index contributed by atoms with van der Waals surface area (Å²) in [5, 5.41) is 0.103. The van der Waals surface area contributed by atoms with E-state index in [-0.39, 0.29) is 11.3 Å². The van der Waals surface area contributed by atoms with Gasteiger partial charge in [-0.1, -0.05) is 30.3 Å². The molecule has 0 radical (unpaired) electrons. The fourth-order valence-corrected chi connectivity index (χ4v) is 4.10. The third-order valence-corrected chi connectivity index (χ3v) is 6.26. The van der Waals surface area contributed by atoms with E-state index in [0.29, 0.717) is 0 Å². The molecule has 1 aromatic heterocycles. The minimum absolute atomic E-state index is 0.102. The highest BCUT2D eigenvalue weighted by molar-refractivity contribution is 7.83. The Morgan fingerprint density at radius 2 is 2.04 bits per heavy atom. The zero-order valence-electron chi connectivity index (χ0n) is 14.6. The van der Waals surface area contributed by atoms with Crippen LogP contribution in [0.15, 0.2) is 42.4 Å². The number of rotatable bonds is 9. The second-order valence-electron chi connectivity index (χ2n) is 6.13. The zero-order chi connectivity index (χ0) is 17.5. The lowest BCUT2D eigenvalue weighted by Crippen LogP contribution is -2.28. The third kappa shape index (κ3) is 5.10. The van der Waals surface area contributed by atoms with Gasteiger partial charge in [0.2, 0.25) is 0 Å². The number of hydrogen-bond donors (Lipinski definition) is 1. The number of benzene rings is 1. The van der Waals surface area contributed by atoms with Gasteiger partial charge in [-0.15, -0.1) is 17.9 Å². The number of allylic oxidation sites excluding steroid dienone is 1. The van der Waals surface area contributed by atoms with Crippen molar-refractivity contribution in [3.05, 3.63) is 53.7 Å². The summed E-state index contributed by atoms with van der Waals surface area (Å²) in [6, 6.07) is 8.65. The molecule has 0 aliphatic heterocycles. The largest absolute Gasteiger partial charge is 0.249 e. The van der Waals surface area contributed by atoms with E-state index in [4.69, 9.17) is 0 Å². The van der Waals surface area contributed by atoms with E-state index < -0.39 is 11.0 Å². The lowest BCUT2D eigenvalue weighted by atomic mass is 10.00. The zero-order valence-corrected chi connectivity index (χ0v) is 16.3. The molecule has 5 heteroatoms. The van der Waals surface area contributed by atoms with E-state index in [1.54, 1.807) is 11.3 Å². The summed E-state index contributed by atoms with van der Waals surface area (Å²) < 4.78 is 15.5. The van der Waals surface area contributed by atoms with Crippen molar-refractivity contribution in [1.82, 2.24) is 9.71 Å². The molecule has 130 valence electrons. The number of nitrogens with zero attached hydrogens (tertiary/aromatic N) is 1. The Labute approximate surface area is 151 Å². The molecular formula is C19H26N2OS2. The summed E-state index contributed by atoms with van der Waals surface area (Å²) in [7, 11) is -1.03. The van der Waals surface area contributed by atoms with Crippen molar-refractivity contribution in [2.24, 2.45) is 0 Å². The van der Waals surface area contributed by atoms with E-state index >= 15 is 0 Å². The molecule has 2 atom stereocenters. The number of unbranched alkanes of at least 4 members (excludes halogenated alkanes) is 1. The standard InChI is InChI=1S/C19H26N2OS2/c1-5-6-7-8-18(21-24(22)14(2)3)16-9-11-17(12-10-16)19-15(4)20-13-23-19/h5,9-14,18,21H,1,6-8H2,2-4H3/t18-,24+/m0/s1. The van der Waals surface area contributed by atoms with Crippen LogP contribution in [0.3, 0.4) is 0 Å². The Balaban J connectivity index is 2.17. The summed E-state index contributed by atoms with van der Waals surface area (Å²) in [6.45, 7) is 9.76. The SMILES string of the molecule is C=CCCC[C@H](N[S@](=O)C(C)C)c1ccc(-c2scnc2C)cc1. The highest BCUT2D eigenvalue weighted by Crippen LogP contribution is 2.29. The fraction of sp³-hybridized carbons (Fsp3) is 0.421. The van der Waals surface area contributed by atoms with Gasteiger partial charge < -0.3 is 0 Å². The molecular weight excluding hydrogens is 336 g/mol.